The number of rotatable bonds is 1. The number of hydrogen-bond donors (Lipinski definition) is 2. The zero-order chi connectivity index (χ0) is 19.5. The average Bonchev–Trinajstić information content (AvgIpc) is 2.57. The largest absolute Gasteiger partial charge is 0.344 e. The van der Waals surface area contributed by atoms with Crippen LogP contribution in [-0.4, -0.2) is 15.3 Å². The Bertz CT molecular complexity index is 1110. The molecule has 27 heavy (non-hydrogen) atoms. The number of aromatic nitrogens is 2. The van der Waals surface area contributed by atoms with Crippen molar-refractivity contribution in [2.45, 2.75) is 32.6 Å². The number of carbonyl (C=O) groups is 1. The van der Waals surface area contributed by atoms with Gasteiger partial charge in [-0.25, -0.2) is 4.79 Å². The molecule has 2 N–H and O–H groups in total. The maximum atomic E-state index is 13.1. The summed E-state index contributed by atoms with van der Waals surface area (Å²) >= 11 is 6.03. The molecule has 0 fully saturated rings. The zero-order valence-electron chi connectivity index (χ0n) is 15.4. The van der Waals surface area contributed by atoms with E-state index < -0.39 is 17.2 Å². The summed E-state index contributed by atoms with van der Waals surface area (Å²) in [4.78, 5) is 40.3. The molecule has 1 aliphatic carbocycles. The van der Waals surface area contributed by atoms with Crippen molar-refractivity contribution >= 4 is 23.2 Å². The number of nitrogens with one attached hydrogen (secondary N) is 2. The van der Waals surface area contributed by atoms with Crippen LogP contribution in [0.5, 0.6) is 0 Å². The molecule has 1 atom stereocenters. The van der Waals surface area contributed by atoms with Crippen molar-refractivity contribution in [3.8, 4) is 0 Å². The Labute approximate surface area is 160 Å². The third-order valence-corrected chi connectivity index (χ3v) is 5.58. The molecule has 1 aromatic heterocycles. The van der Waals surface area contributed by atoms with Crippen molar-refractivity contribution in [3.05, 3.63) is 72.5 Å². The van der Waals surface area contributed by atoms with E-state index >= 15 is 0 Å². The van der Waals surface area contributed by atoms with Crippen LogP contribution in [0.25, 0.3) is 0 Å². The molecule has 0 radical (unpaired) electrons. The molecule has 2 aliphatic rings. The second-order valence-corrected chi connectivity index (χ2v) is 8.46. The molecule has 0 spiro atoms. The summed E-state index contributed by atoms with van der Waals surface area (Å²) in [7, 11) is 1.60. The molecular weight excluding hydrogens is 366 g/mol. The fourth-order valence-electron chi connectivity index (χ4n) is 4.11. The zero-order valence-corrected chi connectivity index (χ0v) is 16.1. The number of aromatic amines is 1. The van der Waals surface area contributed by atoms with Crippen LogP contribution in [0.15, 0.2) is 45.1 Å². The van der Waals surface area contributed by atoms with E-state index in [0.29, 0.717) is 34.8 Å². The second-order valence-electron chi connectivity index (χ2n) is 8.02. The number of ketones is 1. The number of benzene rings is 1. The first-order valence-electron chi connectivity index (χ1n) is 8.80. The Hall–Kier alpha value is -2.60. The Morgan fingerprint density at radius 1 is 1.11 bits per heavy atom. The Morgan fingerprint density at radius 3 is 2.44 bits per heavy atom. The SMILES string of the molecule is Cn1c2c(c(=O)[nH]c1=O)C(c1ccc(Cl)cc1)C1=C(CC(C)(C)CC1=O)N2. The van der Waals surface area contributed by atoms with Gasteiger partial charge in [-0.2, -0.15) is 0 Å². The van der Waals surface area contributed by atoms with Gasteiger partial charge in [-0.05, 0) is 29.5 Å². The van der Waals surface area contributed by atoms with Crippen molar-refractivity contribution in [3.63, 3.8) is 0 Å². The lowest BCUT2D eigenvalue weighted by atomic mass is 9.69. The normalized spacial score (nSPS) is 20.7. The number of halogens is 1. The third-order valence-electron chi connectivity index (χ3n) is 5.33. The van der Waals surface area contributed by atoms with Gasteiger partial charge in [0.05, 0.1) is 5.56 Å². The number of nitrogens with zero attached hydrogens (tertiary/aromatic N) is 1. The Kier molecular flexibility index (Phi) is 3.93. The van der Waals surface area contributed by atoms with E-state index in [0.717, 1.165) is 11.3 Å². The van der Waals surface area contributed by atoms with E-state index in [1.54, 1.807) is 19.2 Å². The Morgan fingerprint density at radius 2 is 1.78 bits per heavy atom. The van der Waals surface area contributed by atoms with Crippen LogP contribution in [-0.2, 0) is 11.8 Å². The van der Waals surface area contributed by atoms with Crippen LogP contribution >= 0.6 is 11.6 Å². The molecule has 1 aromatic carbocycles. The summed E-state index contributed by atoms with van der Waals surface area (Å²) in [5.74, 6) is -0.0757. The first kappa shape index (κ1) is 17.8. The van der Waals surface area contributed by atoms with Crippen molar-refractivity contribution < 1.29 is 4.79 Å². The summed E-state index contributed by atoms with van der Waals surface area (Å²) in [6.45, 7) is 4.08. The second kappa shape index (κ2) is 5.96. The maximum Gasteiger partial charge on any atom is 0.329 e. The molecule has 4 rings (SSSR count). The molecule has 7 heteroatoms. The van der Waals surface area contributed by atoms with Gasteiger partial charge >= 0.3 is 5.69 Å². The lowest BCUT2D eigenvalue weighted by Crippen LogP contribution is -2.41. The van der Waals surface area contributed by atoms with Gasteiger partial charge < -0.3 is 5.32 Å². The molecule has 2 aromatic rings. The number of anilines is 1. The summed E-state index contributed by atoms with van der Waals surface area (Å²) in [5.41, 5.74) is 1.40. The van der Waals surface area contributed by atoms with Crippen molar-refractivity contribution in [1.82, 2.24) is 9.55 Å². The molecular formula is C20H20ClN3O3. The Balaban J connectivity index is 2.04. The highest BCUT2D eigenvalue weighted by molar-refractivity contribution is 6.30. The van der Waals surface area contributed by atoms with Crippen molar-refractivity contribution in [2.75, 3.05) is 5.32 Å². The van der Waals surface area contributed by atoms with Gasteiger partial charge in [0.15, 0.2) is 5.78 Å². The highest BCUT2D eigenvalue weighted by atomic mass is 35.5. The summed E-state index contributed by atoms with van der Waals surface area (Å²) < 4.78 is 1.38. The average molecular weight is 386 g/mol. The molecule has 1 aliphatic heterocycles. The number of H-pyrrole nitrogens is 1. The molecule has 1 unspecified atom stereocenters. The van der Waals surface area contributed by atoms with E-state index in [2.05, 4.69) is 10.3 Å². The maximum absolute atomic E-state index is 13.1. The minimum absolute atomic E-state index is 0.0209. The molecule has 0 saturated carbocycles. The quantitative estimate of drug-likeness (QED) is 0.790. The summed E-state index contributed by atoms with van der Waals surface area (Å²) in [6, 6.07) is 7.13. The van der Waals surface area contributed by atoms with Crippen LogP contribution in [0, 0.1) is 5.41 Å². The van der Waals surface area contributed by atoms with E-state index in [1.807, 2.05) is 26.0 Å². The molecule has 140 valence electrons. The number of allylic oxidation sites excluding steroid dienone is 2. The van der Waals surface area contributed by atoms with Gasteiger partial charge in [0.2, 0.25) is 0 Å². The van der Waals surface area contributed by atoms with Crippen LogP contribution in [0.1, 0.15) is 43.7 Å². The number of Topliss-reactive ketones (excluding diaryl/α,β-unsaturated/α-hetero) is 1. The lowest BCUT2D eigenvalue weighted by molar-refractivity contribution is -0.118. The smallest absolute Gasteiger partial charge is 0.329 e. The number of fused-ring (bicyclic) bond motifs is 1. The van der Waals surface area contributed by atoms with Crippen LogP contribution in [0.3, 0.4) is 0 Å². The van der Waals surface area contributed by atoms with Gasteiger partial charge in [-0.3, -0.25) is 19.1 Å². The minimum Gasteiger partial charge on any atom is -0.344 e. The highest BCUT2D eigenvalue weighted by Gasteiger charge is 2.42. The van der Waals surface area contributed by atoms with Gasteiger partial charge in [-0.1, -0.05) is 37.6 Å². The molecule has 6 nitrogen and oxygen atoms in total. The topological polar surface area (TPSA) is 84.0 Å². The van der Waals surface area contributed by atoms with E-state index in [-0.39, 0.29) is 11.2 Å². The highest BCUT2D eigenvalue weighted by Crippen LogP contribution is 2.47. The minimum atomic E-state index is -0.535. The van der Waals surface area contributed by atoms with Gasteiger partial charge in [0.25, 0.3) is 5.56 Å². The van der Waals surface area contributed by atoms with E-state index in [1.165, 1.54) is 4.57 Å². The van der Waals surface area contributed by atoms with Crippen LogP contribution in [0.2, 0.25) is 5.02 Å². The van der Waals surface area contributed by atoms with Gasteiger partial charge in [0, 0.05) is 35.7 Å². The predicted molar refractivity (Wildman–Crippen MR) is 104 cm³/mol. The first-order chi connectivity index (χ1) is 12.7. The molecule has 0 saturated heterocycles. The fourth-order valence-corrected chi connectivity index (χ4v) is 4.24. The standard InChI is InChI=1S/C20H20ClN3O3/c1-20(2)8-12-15(13(25)9-20)14(10-4-6-11(21)7-5-10)16-17(22-12)24(3)19(27)23-18(16)26/h4-7,14,22H,8-9H2,1-3H3,(H,23,26,27). The van der Waals surface area contributed by atoms with Crippen LogP contribution in [0.4, 0.5) is 5.82 Å². The van der Waals surface area contributed by atoms with E-state index in [9.17, 15) is 14.4 Å². The molecule has 2 heterocycles. The van der Waals surface area contributed by atoms with Crippen molar-refractivity contribution in [2.24, 2.45) is 12.5 Å². The van der Waals surface area contributed by atoms with Gasteiger partial charge in [-0.15, -0.1) is 0 Å². The molecule has 0 amide bonds. The first-order valence-corrected chi connectivity index (χ1v) is 9.18. The summed E-state index contributed by atoms with van der Waals surface area (Å²) in [5, 5.41) is 3.80. The van der Waals surface area contributed by atoms with Crippen molar-refractivity contribution in [1.29, 1.82) is 0 Å². The lowest BCUT2D eigenvalue weighted by Gasteiger charge is -2.39. The predicted octanol–water partition coefficient (Wildman–Crippen LogP) is 2.93. The van der Waals surface area contributed by atoms with Crippen LogP contribution < -0.4 is 16.6 Å². The third kappa shape index (κ3) is 2.84. The number of hydrogen-bond acceptors (Lipinski definition) is 4. The molecule has 0 bridgehead atoms. The monoisotopic (exact) mass is 385 g/mol. The summed E-state index contributed by atoms with van der Waals surface area (Å²) in [6.07, 6.45) is 1.08. The van der Waals surface area contributed by atoms with Gasteiger partial charge in [0.1, 0.15) is 5.82 Å². The number of carbonyl (C=O) groups excluding carboxylic acids is 1. The van der Waals surface area contributed by atoms with E-state index in [4.69, 9.17) is 11.6 Å². The fraction of sp³-hybridized carbons (Fsp3) is 0.350.